The molecule has 5 fully saturated rings. The molecule has 1 aliphatic heterocycles. The third-order valence-corrected chi connectivity index (χ3v) is 17.3. The fourth-order valence-corrected chi connectivity index (χ4v) is 15.2. The summed E-state index contributed by atoms with van der Waals surface area (Å²) in [4.78, 5) is 53.7. The van der Waals surface area contributed by atoms with E-state index in [2.05, 4.69) is 121 Å². The van der Waals surface area contributed by atoms with Crippen LogP contribution in [-0.2, 0) is 47.9 Å². The van der Waals surface area contributed by atoms with E-state index in [0.29, 0.717) is 69.7 Å². The zero-order chi connectivity index (χ0) is 58.4. The van der Waals surface area contributed by atoms with E-state index in [0.717, 1.165) is 95.6 Å². The first-order valence-electron chi connectivity index (χ1n) is 29.7. The molecule has 0 aromatic heterocycles. The molecule has 1 heterocycles. The lowest BCUT2D eigenvalue weighted by Crippen LogP contribution is -2.49. The minimum atomic E-state index is -0.471. The van der Waals surface area contributed by atoms with Crippen molar-refractivity contribution in [2.24, 2.45) is 48.8 Å². The first kappa shape index (κ1) is 65.0. The van der Waals surface area contributed by atoms with Crippen molar-refractivity contribution in [2.75, 3.05) is 13.2 Å². The van der Waals surface area contributed by atoms with E-state index >= 15 is 0 Å². The highest BCUT2D eigenvalue weighted by molar-refractivity contribution is 5.94. The lowest BCUT2D eigenvalue weighted by atomic mass is 9.60. The molecule has 434 valence electrons. The lowest BCUT2D eigenvalue weighted by Gasteiger charge is -2.44. The maximum Gasteiger partial charge on any atom is 0.235 e. The Morgan fingerprint density at radius 3 is 1.34 bits per heavy atom. The maximum absolute atomic E-state index is 12.7. The van der Waals surface area contributed by atoms with Crippen LogP contribution < -0.4 is 5.73 Å². The third-order valence-electron chi connectivity index (χ3n) is 17.3. The summed E-state index contributed by atoms with van der Waals surface area (Å²) in [7, 11) is 0. The van der Waals surface area contributed by atoms with Gasteiger partial charge in [0.1, 0.15) is 23.1 Å². The summed E-state index contributed by atoms with van der Waals surface area (Å²) in [6.45, 7) is 34.2. The van der Waals surface area contributed by atoms with E-state index in [1.807, 2.05) is 63.2 Å². The number of ether oxygens (including phenoxy) is 2. The predicted molar refractivity (Wildman–Crippen MR) is 320 cm³/mol. The molecule has 8 rings (SSSR count). The minimum Gasteiger partial charge on any atom is -0.411 e. The standard InChI is InChI=1S/C19H27NO2.C19H29NO.C19H26O2.C12H19NO2/c1-18(2)12-16(20-22)13-19(3,14-18)17(21)11-7-10-15-8-5-4-6-9-15;2*1-18(2)12-16(20)13-19(3,14-18)17(21)11-7-10-15-8-5-4-6-9-15;1-10(2)7-11(3,13-4)9-12(8-10)14-5-6-15-12/h4-6,8-9,22H,7,10-14H2,1-3H3;4-6,8-9,16H,7,10-14,20H2,1-3H3;4-6,8-9H,7,10-14H2,1-3H3;5-9H2,1-3H3/b20-16+;;;. The van der Waals surface area contributed by atoms with E-state index in [1.165, 1.54) is 16.7 Å². The van der Waals surface area contributed by atoms with Crippen LogP contribution >= 0.6 is 0 Å². The van der Waals surface area contributed by atoms with Gasteiger partial charge in [-0.05, 0) is 115 Å². The quantitative estimate of drug-likeness (QED) is 0.0868. The predicted octanol–water partition coefficient (Wildman–Crippen LogP) is 15.7. The van der Waals surface area contributed by atoms with Crippen molar-refractivity contribution < 1.29 is 33.9 Å². The highest BCUT2D eigenvalue weighted by Gasteiger charge is 2.56. The smallest absolute Gasteiger partial charge is 0.235 e. The Morgan fingerprint density at radius 2 is 0.937 bits per heavy atom. The van der Waals surface area contributed by atoms with Crippen molar-refractivity contribution in [3.63, 3.8) is 0 Å². The topological polar surface area (TPSA) is 150 Å². The summed E-state index contributed by atoms with van der Waals surface area (Å²) >= 11 is 0. The van der Waals surface area contributed by atoms with E-state index in [4.69, 9.17) is 27.0 Å². The van der Waals surface area contributed by atoms with Crippen LogP contribution in [0.3, 0.4) is 0 Å². The van der Waals surface area contributed by atoms with Crippen molar-refractivity contribution in [2.45, 2.75) is 235 Å². The number of Topliss-reactive ketones (excluding diaryl/α,β-unsaturated/α-hetero) is 4. The van der Waals surface area contributed by atoms with Crippen LogP contribution in [0.2, 0.25) is 0 Å². The van der Waals surface area contributed by atoms with Gasteiger partial charge in [-0.1, -0.05) is 172 Å². The molecule has 4 aliphatic carbocycles. The van der Waals surface area contributed by atoms with E-state index in [9.17, 15) is 19.2 Å². The zero-order valence-corrected chi connectivity index (χ0v) is 50.9. The highest BCUT2D eigenvalue weighted by atomic mass is 16.7. The van der Waals surface area contributed by atoms with Crippen molar-refractivity contribution >= 4 is 28.8 Å². The Balaban J connectivity index is 0.000000195. The van der Waals surface area contributed by atoms with E-state index in [1.54, 1.807) is 0 Å². The molecule has 10 nitrogen and oxygen atoms in total. The molecule has 1 spiro atoms. The van der Waals surface area contributed by atoms with Crippen LogP contribution in [-0.4, -0.2) is 64.6 Å². The molecule has 10 heteroatoms. The summed E-state index contributed by atoms with van der Waals surface area (Å²) in [6, 6.07) is 31.1. The first-order valence-corrected chi connectivity index (χ1v) is 29.7. The molecule has 5 aliphatic rings. The molecule has 0 bridgehead atoms. The van der Waals surface area contributed by atoms with Gasteiger partial charge in [-0.25, -0.2) is 6.57 Å². The summed E-state index contributed by atoms with van der Waals surface area (Å²) in [6.07, 6.45) is 16.9. The van der Waals surface area contributed by atoms with Crippen LogP contribution in [0.4, 0.5) is 0 Å². The molecule has 3 N–H and O–H groups in total. The van der Waals surface area contributed by atoms with Gasteiger partial charge < -0.3 is 25.3 Å². The molecular weight excluding hydrogens is 983 g/mol. The number of ketones is 4. The molecule has 5 unspecified atom stereocenters. The summed E-state index contributed by atoms with van der Waals surface area (Å²) < 4.78 is 11.5. The number of rotatable bonds is 15. The van der Waals surface area contributed by atoms with Gasteiger partial charge in [0.05, 0.1) is 25.3 Å². The van der Waals surface area contributed by atoms with Crippen LogP contribution in [0.25, 0.3) is 4.85 Å². The molecule has 0 amide bonds. The fraction of sp³-hybridized carbons (Fsp3) is 0.652. The average Bonchev–Trinajstić information content (AvgIpc) is 3.86. The Kier molecular flexibility index (Phi) is 22.5. The molecule has 79 heavy (non-hydrogen) atoms. The van der Waals surface area contributed by atoms with Crippen LogP contribution in [0.15, 0.2) is 96.2 Å². The van der Waals surface area contributed by atoms with Crippen molar-refractivity contribution in [1.82, 2.24) is 0 Å². The van der Waals surface area contributed by atoms with Crippen LogP contribution in [0.5, 0.6) is 0 Å². The Morgan fingerprint density at radius 1 is 0.532 bits per heavy atom. The van der Waals surface area contributed by atoms with Gasteiger partial charge in [0.15, 0.2) is 5.79 Å². The molecule has 4 saturated carbocycles. The van der Waals surface area contributed by atoms with Gasteiger partial charge in [0, 0.05) is 80.6 Å². The number of benzene rings is 3. The second-order valence-corrected chi connectivity index (χ2v) is 29.0. The highest BCUT2D eigenvalue weighted by Crippen LogP contribution is 2.52. The Hall–Kier alpha value is -4.82. The Bertz CT molecular complexity index is 2540. The van der Waals surface area contributed by atoms with Gasteiger partial charge in [-0.2, -0.15) is 0 Å². The van der Waals surface area contributed by atoms with Gasteiger partial charge in [0.2, 0.25) is 5.54 Å². The minimum absolute atomic E-state index is 0.0175. The van der Waals surface area contributed by atoms with Crippen LogP contribution in [0, 0.1) is 44.5 Å². The normalized spacial score (nSPS) is 28.5. The number of aryl methyl sites for hydroxylation is 3. The van der Waals surface area contributed by atoms with Gasteiger partial charge in [0.25, 0.3) is 0 Å². The third kappa shape index (κ3) is 20.3. The fourth-order valence-electron chi connectivity index (χ4n) is 15.2. The largest absolute Gasteiger partial charge is 0.411 e. The van der Waals surface area contributed by atoms with E-state index in [-0.39, 0.29) is 55.6 Å². The molecule has 1 saturated heterocycles. The van der Waals surface area contributed by atoms with Crippen molar-refractivity contribution in [3.8, 4) is 0 Å². The second kappa shape index (κ2) is 27.3. The number of nitrogens with zero attached hydrogens (tertiary/aromatic N) is 2. The summed E-state index contributed by atoms with van der Waals surface area (Å²) in [5.74, 6) is 0.741. The molecule has 0 radical (unpaired) electrons. The van der Waals surface area contributed by atoms with E-state index < -0.39 is 11.2 Å². The molecule has 3 aromatic carbocycles. The van der Waals surface area contributed by atoms with Gasteiger partial charge >= 0.3 is 0 Å². The number of oxime groups is 1. The SMILES string of the molecule is CC1(C)C/C(=N\O)CC(C)(C(=O)CCCc2ccccc2)C1.CC1(C)CC(=O)CC(C)(C(=O)CCCc2ccccc2)C1.CC1(C)CC(N)CC(C)(C(=O)CCCc2ccccc2)C1.[C-]#[N+]C1(C)CC(C)(C)CC2(C1)OCCO2. The zero-order valence-electron chi connectivity index (χ0n) is 50.9. The number of nitrogens with two attached hydrogens (primary N) is 1. The second-order valence-electron chi connectivity index (χ2n) is 29.0. The maximum atomic E-state index is 12.7. The van der Waals surface area contributed by atoms with Crippen molar-refractivity contribution in [1.29, 1.82) is 0 Å². The monoisotopic (exact) mass is 1080 g/mol. The molecule has 5 atom stereocenters. The number of hydrogen-bond donors (Lipinski definition) is 2. The summed E-state index contributed by atoms with van der Waals surface area (Å²) in [5.41, 5.74) is 9.71. The summed E-state index contributed by atoms with van der Waals surface area (Å²) in [5, 5.41) is 12.6. The average molecular weight is 1080 g/mol. The van der Waals surface area contributed by atoms with Gasteiger partial charge in [-0.15, -0.1) is 0 Å². The first-order chi connectivity index (χ1) is 36.8. The van der Waals surface area contributed by atoms with Crippen LogP contribution in [0.1, 0.15) is 215 Å². The van der Waals surface area contributed by atoms with Gasteiger partial charge in [-0.3, -0.25) is 19.2 Å². The molecular formula is C69H101N3O7. The van der Waals surface area contributed by atoms with Crippen molar-refractivity contribution in [3.05, 3.63) is 119 Å². The number of carbonyl (C=O) groups is 4. The lowest BCUT2D eigenvalue weighted by molar-refractivity contribution is -0.207. The number of carbonyl (C=O) groups excluding carboxylic acids is 4. The Labute approximate surface area is 477 Å². The molecule has 3 aromatic rings. The number of hydrogen-bond acceptors (Lipinski definition) is 9.